The Kier molecular flexibility index (Phi) is 1.85. The zero-order valence-corrected chi connectivity index (χ0v) is 9.50. The number of rotatable bonds is 0. The fourth-order valence-electron chi connectivity index (χ4n) is 2.15. The number of pyridine rings is 1. The van der Waals surface area contributed by atoms with Crippen LogP contribution in [0.5, 0.6) is 11.5 Å². The highest BCUT2D eigenvalue weighted by Crippen LogP contribution is 2.32. The lowest BCUT2D eigenvalue weighted by Crippen LogP contribution is -2.30. The van der Waals surface area contributed by atoms with Crippen molar-refractivity contribution in [1.82, 2.24) is 4.98 Å². The minimum Gasteiger partial charge on any atom is -0.451 e. The molecule has 0 radical (unpaired) electrons. The zero-order valence-electron chi connectivity index (χ0n) is 9.50. The van der Waals surface area contributed by atoms with Gasteiger partial charge in [0.2, 0.25) is 0 Å². The van der Waals surface area contributed by atoms with Crippen LogP contribution >= 0.6 is 0 Å². The quantitative estimate of drug-likeness (QED) is 0.598. The number of aromatic nitrogens is 1. The predicted octanol–water partition coefficient (Wildman–Crippen LogP) is 2.03. The Bertz CT molecular complexity index is 793. The van der Waals surface area contributed by atoms with Gasteiger partial charge in [-0.15, -0.1) is 0 Å². The summed E-state index contributed by atoms with van der Waals surface area (Å²) in [5.41, 5.74) is 0.848. The average Bonchev–Trinajstić information content (AvgIpc) is 2.45. The summed E-state index contributed by atoms with van der Waals surface area (Å²) in [4.78, 5) is 13.2. The molecule has 2 aliphatic heterocycles. The molecule has 2 aromatic rings. The van der Waals surface area contributed by atoms with Crippen molar-refractivity contribution in [2.75, 3.05) is 0 Å². The number of ether oxygens (including phenoxy) is 1. The largest absolute Gasteiger partial charge is 0.451 e. The molecule has 4 heteroatoms. The SMILES string of the molecule is C1=Nc2ncc3c(c2=CC1)=Nc1ccccc1O3. The van der Waals surface area contributed by atoms with Gasteiger partial charge in [-0.1, -0.05) is 18.2 Å². The van der Waals surface area contributed by atoms with Crippen molar-refractivity contribution < 1.29 is 4.74 Å². The van der Waals surface area contributed by atoms with E-state index in [1.807, 2.05) is 30.5 Å². The van der Waals surface area contributed by atoms with Crippen molar-refractivity contribution in [1.29, 1.82) is 0 Å². The molecule has 0 amide bonds. The second kappa shape index (κ2) is 3.50. The first-order valence-corrected chi connectivity index (χ1v) is 5.79. The van der Waals surface area contributed by atoms with E-state index in [2.05, 4.69) is 21.0 Å². The summed E-state index contributed by atoms with van der Waals surface area (Å²) in [5.74, 6) is 2.18. The van der Waals surface area contributed by atoms with Gasteiger partial charge in [0, 0.05) is 17.9 Å². The van der Waals surface area contributed by atoms with E-state index in [-0.39, 0.29) is 0 Å². The van der Waals surface area contributed by atoms with Gasteiger partial charge in [0.1, 0.15) is 11.0 Å². The van der Waals surface area contributed by atoms with E-state index < -0.39 is 0 Å². The highest BCUT2D eigenvalue weighted by Gasteiger charge is 2.14. The third kappa shape index (κ3) is 1.29. The van der Waals surface area contributed by atoms with E-state index in [4.69, 9.17) is 4.74 Å². The average molecular weight is 235 g/mol. The number of benzene rings is 1. The molecule has 1 aromatic heterocycles. The molecule has 0 fully saturated rings. The summed E-state index contributed by atoms with van der Waals surface area (Å²) in [6.45, 7) is 0. The van der Waals surface area contributed by atoms with E-state index in [1.165, 1.54) is 0 Å². The molecule has 3 heterocycles. The number of aliphatic imine (C=N–C) groups is 1. The van der Waals surface area contributed by atoms with Crippen LogP contribution in [0.2, 0.25) is 0 Å². The van der Waals surface area contributed by atoms with Gasteiger partial charge in [-0.3, -0.25) is 0 Å². The Labute approximate surface area is 103 Å². The second-order valence-electron chi connectivity index (χ2n) is 4.14. The number of fused-ring (bicyclic) bond motifs is 4. The number of para-hydroxylation sites is 2. The summed E-state index contributed by atoms with van der Waals surface area (Å²) in [6, 6.07) is 7.73. The Hall–Kier alpha value is -2.49. The van der Waals surface area contributed by atoms with Gasteiger partial charge in [-0.05, 0) is 12.1 Å². The summed E-state index contributed by atoms with van der Waals surface area (Å²) < 4.78 is 5.82. The summed E-state index contributed by atoms with van der Waals surface area (Å²) in [6.07, 6.45) is 6.42. The molecule has 0 bridgehead atoms. The van der Waals surface area contributed by atoms with E-state index in [9.17, 15) is 0 Å². The monoisotopic (exact) mass is 235 g/mol. The van der Waals surface area contributed by atoms with Crippen molar-refractivity contribution >= 4 is 23.8 Å². The molecule has 0 saturated carbocycles. The van der Waals surface area contributed by atoms with Crippen LogP contribution < -0.4 is 15.3 Å². The fourth-order valence-corrected chi connectivity index (χ4v) is 2.15. The molecule has 86 valence electrons. The number of hydrogen-bond donors (Lipinski definition) is 0. The van der Waals surface area contributed by atoms with Crippen molar-refractivity contribution in [2.45, 2.75) is 6.42 Å². The van der Waals surface area contributed by atoms with Crippen molar-refractivity contribution in [3.8, 4) is 11.5 Å². The standard InChI is InChI=1S/C14H9N3O/c1-2-6-11-10(5-1)17-13-9-4-3-7-15-14(9)16-8-12(13)18-11/h1-2,4-8H,3H2. The molecular weight excluding hydrogens is 226 g/mol. The normalized spacial score (nSPS) is 14.4. The van der Waals surface area contributed by atoms with Crippen LogP contribution in [0.3, 0.4) is 0 Å². The molecule has 0 saturated heterocycles. The van der Waals surface area contributed by atoms with E-state index >= 15 is 0 Å². The Morgan fingerprint density at radius 3 is 3.06 bits per heavy atom. The van der Waals surface area contributed by atoms with Crippen LogP contribution in [0.1, 0.15) is 6.42 Å². The van der Waals surface area contributed by atoms with Crippen molar-refractivity contribution in [3.63, 3.8) is 0 Å². The maximum absolute atomic E-state index is 5.82. The first-order chi connectivity index (χ1) is 8.92. The maximum atomic E-state index is 5.82. The molecule has 0 atom stereocenters. The van der Waals surface area contributed by atoms with Gasteiger partial charge in [0.15, 0.2) is 17.3 Å². The lowest BCUT2D eigenvalue weighted by molar-refractivity contribution is 0.466. The van der Waals surface area contributed by atoms with Crippen LogP contribution in [-0.2, 0) is 0 Å². The minimum atomic E-state index is 0.695. The Morgan fingerprint density at radius 2 is 2.06 bits per heavy atom. The van der Waals surface area contributed by atoms with Gasteiger partial charge in [-0.2, -0.15) is 0 Å². The minimum absolute atomic E-state index is 0.695. The van der Waals surface area contributed by atoms with Gasteiger partial charge < -0.3 is 4.74 Å². The molecule has 2 aliphatic rings. The van der Waals surface area contributed by atoms with Crippen LogP contribution in [-0.4, -0.2) is 11.2 Å². The third-order valence-corrected chi connectivity index (χ3v) is 2.99. The predicted molar refractivity (Wildman–Crippen MR) is 68.4 cm³/mol. The number of nitrogens with zero attached hydrogens (tertiary/aromatic N) is 3. The van der Waals surface area contributed by atoms with Gasteiger partial charge in [0.05, 0.1) is 6.20 Å². The molecule has 4 nitrogen and oxygen atoms in total. The molecule has 18 heavy (non-hydrogen) atoms. The highest BCUT2D eigenvalue weighted by atomic mass is 16.5. The summed E-state index contributed by atoms with van der Waals surface area (Å²) in [5, 5.41) is 1.79. The second-order valence-corrected chi connectivity index (χ2v) is 4.14. The lowest BCUT2D eigenvalue weighted by Gasteiger charge is -2.14. The zero-order chi connectivity index (χ0) is 11.9. The fraction of sp³-hybridized carbons (Fsp3) is 0.0714. The Balaban J connectivity index is 2.11. The van der Waals surface area contributed by atoms with Crippen LogP contribution in [0.4, 0.5) is 11.5 Å². The molecule has 4 rings (SSSR count). The van der Waals surface area contributed by atoms with Crippen LogP contribution in [0.25, 0.3) is 6.08 Å². The van der Waals surface area contributed by atoms with E-state index in [1.54, 1.807) is 6.20 Å². The maximum Gasteiger partial charge on any atom is 0.172 e. The molecule has 0 unspecified atom stereocenters. The smallest absolute Gasteiger partial charge is 0.172 e. The summed E-state index contributed by atoms with van der Waals surface area (Å²) >= 11 is 0. The van der Waals surface area contributed by atoms with Gasteiger partial charge in [0.25, 0.3) is 0 Å². The lowest BCUT2D eigenvalue weighted by atomic mass is 10.2. The van der Waals surface area contributed by atoms with E-state index in [0.29, 0.717) is 11.6 Å². The summed E-state index contributed by atoms with van der Waals surface area (Å²) in [7, 11) is 0. The number of hydrogen-bond acceptors (Lipinski definition) is 4. The van der Waals surface area contributed by atoms with Gasteiger partial charge in [-0.25, -0.2) is 15.0 Å². The van der Waals surface area contributed by atoms with Crippen molar-refractivity contribution in [2.24, 2.45) is 9.98 Å². The van der Waals surface area contributed by atoms with Crippen LogP contribution in [0, 0.1) is 0 Å². The molecule has 0 N–H and O–H groups in total. The topological polar surface area (TPSA) is 46.8 Å². The molecule has 1 aromatic carbocycles. The highest BCUT2D eigenvalue weighted by molar-refractivity contribution is 5.72. The molecule has 0 spiro atoms. The van der Waals surface area contributed by atoms with Crippen molar-refractivity contribution in [3.05, 3.63) is 41.0 Å². The molecule has 0 aliphatic carbocycles. The molecular formula is C14H9N3O. The van der Waals surface area contributed by atoms with Gasteiger partial charge >= 0.3 is 0 Å². The Morgan fingerprint density at radius 1 is 1.11 bits per heavy atom. The third-order valence-electron chi connectivity index (χ3n) is 2.99. The first kappa shape index (κ1) is 9.53. The van der Waals surface area contributed by atoms with Crippen LogP contribution in [0.15, 0.2) is 40.4 Å². The van der Waals surface area contributed by atoms with E-state index in [0.717, 1.165) is 28.4 Å². The first-order valence-electron chi connectivity index (χ1n) is 5.79.